The van der Waals surface area contributed by atoms with Crippen LogP contribution >= 0.6 is 0 Å². The molecule has 0 saturated carbocycles. The second-order valence-corrected chi connectivity index (χ2v) is 3.08. The number of hydrogen-bond donors (Lipinski definition) is 2. The first-order valence-electron chi connectivity index (χ1n) is 4.16. The van der Waals surface area contributed by atoms with E-state index in [1.807, 2.05) is 24.3 Å². The number of ether oxygens (including phenoxy) is 2. The molecule has 1 atom stereocenters. The Bertz CT molecular complexity index is 257. The Kier molecular flexibility index (Phi) is 5.15. The van der Waals surface area contributed by atoms with Gasteiger partial charge in [0.2, 0.25) is 0 Å². The maximum Gasteiger partial charge on any atom is 0.119 e. The molecule has 1 heterocycles. The van der Waals surface area contributed by atoms with Gasteiger partial charge in [0.1, 0.15) is 18.5 Å². The molecule has 0 amide bonds. The Hall–Kier alpha value is -1.10. The average molecular weight is 198 g/mol. The van der Waals surface area contributed by atoms with Gasteiger partial charge in [-0.3, -0.25) is 0 Å². The Morgan fingerprint density at radius 2 is 1.86 bits per heavy atom. The standard InChI is InChI=1S/C10H12O2.2H3N/c1-8-2-4-9(5-3-8)11-6-10-7-12-10;;/h2-5,10H,6-7H2,1H3;2*1H3. The molecule has 0 radical (unpaired) electrons. The van der Waals surface area contributed by atoms with E-state index in [-0.39, 0.29) is 12.3 Å². The summed E-state index contributed by atoms with van der Waals surface area (Å²) in [5.74, 6) is 0.927. The van der Waals surface area contributed by atoms with Gasteiger partial charge in [0, 0.05) is 0 Å². The fourth-order valence-corrected chi connectivity index (χ4v) is 0.988. The zero-order valence-corrected chi connectivity index (χ0v) is 8.53. The van der Waals surface area contributed by atoms with Crippen molar-refractivity contribution < 1.29 is 9.47 Å². The van der Waals surface area contributed by atoms with E-state index >= 15 is 0 Å². The van der Waals surface area contributed by atoms with Crippen molar-refractivity contribution in [1.82, 2.24) is 12.3 Å². The van der Waals surface area contributed by atoms with Crippen molar-refractivity contribution in [3.05, 3.63) is 29.8 Å². The lowest BCUT2D eigenvalue weighted by Crippen LogP contribution is -2.03. The summed E-state index contributed by atoms with van der Waals surface area (Å²) in [4.78, 5) is 0. The van der Waals surface area contributed by atoms with Gasteiger partial charge in [-0.15, -0.1) is 0 Å². The molecule has 80 valence electrons. The summed E-state index contributed by atoms with van der Waals surface area (Å²) < 4.78 is 10.5. The highest BCUT2D eigenvalue weighted by molar-refractivity contribution is 5.26. The average Bonchev–Trinajstić information content (AvgIpc) is 2.87. The normalized spacial score (nSPS) is 17.6. The van der Waals surface area contributed by atoms with Gasteiger partial charge in [-0.1, -0.05) is 17.7 Å². The number of epoxide rings is 1. The van der Waals surface area contributed by atoms with Crippen LogP contribution in [-0.2, 0) is 4.74 Å². The van der Waals surface area contributed by atoms with E-state index < -0.39 is 0 Å². The van der Waals surface area contributed by atoms with Gasteiger partial charge in [0.15, 0.2) is 0 Å². The van der Waals surface area contributed by atoms with E-state index in [0.29, 0.717) is 12.7 Å². The first-order chi connectivity index (χ1) is 5.84. The second kappa shape index (κ2) is 5.59. The lowest BCUT2D eigenvalue weighted by atomic mass is 10.2. The van der Waals surface area contributed by atoms with Crippen molar-refractivity contribution in [2.24, 2.45) is 0 Å². The molecular formula is C10H18N2O2. The van der Waals surface area contributed by atoms with Gasteiger partial charge in [-0.2, -0.15) is 0 Å². The van der Waals surface area contributed by atoms with Crippen molar-refractivity contribution >= 4 is 0 Å². The number of hydrogen-bond acceptors (Lipinski definition) is 4. The molecule has 2 rings (SSSR count). The van der Waals surface area contributed by atoms with E-state index in [9.17, 15) is 0 Å². The topological polar surface area (TPSA) is 91.8 Å². The SMILES string of the molecule is Cc1ccc(OCC2CO2)cc1.N.N. The van der Waals surface area contributed by atoms with Gasteiger partial charge in [0.05, 0.1) is 6.61 Å². The minimum Gasteiger partial charge on any atom is -0.491 e. The fourth-order valence-electron chi connectivity index (χ4n) is 0.988. The molecule has 0 spiro atoms. The van der Waals surface area contributed by atoms with E-state index in [1.165, 1.54) is 5.56 Å². The minimum atomic E-state index is 0. The van der Waals surface area contributed by atoms with Crippen LogP contribution < -0.4 is 17.0 Å². The molecule has 0 aromatic heterocycles. The predicted octanol–water partition coefficient (Wildman–Crippen LogP) is 2.10. The third-order valence-electron chi connectivity index (χ3n) is 1.86. The molecule has 4 nitrogen and oxygen atoms in total. The molecule has 1 aromatic rings. The molecule has 6 N–H and O–H groups in total. The number of rotatable bonds is 3. The smallest absolute Gasteiger partial charge is 0.119 e. The van der Waals surface area contributed by atoms with Gasteiger partial charge < -0.3 is 21.8 Å². The van der Waals surface area contributed by atoms with Crippen molar-refractivity contribution in [2.75, 3.05) is 13.2 Å². The van der Waals surface area contributed by atoms with Gasteiger partial charge in [-0.05, 0) is 19.1 Å². The molecule has 4 heteroatoms. The van der Waals surface area contributed by atoms with Crippen molar-refractivity contribution in [3.8, 4) is 5.75 Å². The molecule has 1 aromatic carbocycles. The fraction of sp³-hybridized carbons (Fsp3) is 0.400. The van der Waals surface area contributed by atoms with Crippen LogP contribution in [0.5, 0.6) is 5.75 Å². The van der Waals surface area contributed by atoms with Crippen LogP contribution in [0, 0.1) is 6.92 Å². The highest BCUT2D eigenvalue weighted by Gasteiger charge is 2.22. The second-order valence-electron chi connectivity index (χ2n) is 3.08. The summed E-state index contributed by atoms with van der Waals surface area (Å²) in [5, 5.41) is 0. The lowest BCUT2D eigenvalue weighted by Gasteiger charge is -2.03. The van der Waals surface area contributed by atoms with Gasteiger partial charge in [-0.25, -0.2) is 0 Å². The minimum absolute atomic E-state index is 0. The van der Waals surface area contributed by atoms with Crippen molar-refractivity contribution in [3.63, 3.8) is 0 Å². The molecule has 1 aliphatic rings. The molecule has 1 aliphatic heterocycles. The Morgan fingerprint density at radius 1 is 1.29 bits per heavy atom. The van der Waals surface area contributed by atoms with Crippen molar-refractivity contribution in [2.45, 2.75) is 13.0 Å². The maximum absolute atomic E-state index is 5.46. The van der Waals surface area contributed by atoms with Crippen LogP contribution in [0.1, 0.15) is 5.56 Å². The Balaban J connectivity index is 0.000000845. The van der Waals surface area contributed by atoms with E-state index in [1.54, 1.807) is 0 Å². The van der Waals surface area contributed by atoms with Crippen LogP contribution in [0.4, 0.5) is 0 Å². The highest BCUT2D eigenvalue weighted by atomic mass is 16.6. The molecule has 0 aliphatic carbocycles. The van der Waals surface area contributed by atoms with Crippen LogP contribution in [0.25, 0.3) is 0 Å². The quantitative estimate of drug-likeness (QED) is 0.727. The van der Waals surface area contributed by atoms with Crippen LogP contribution in [0.2, 0.25) is 0 Å². The zero-order chi connectivity index (χ0) is 8.39. The summed E-state index contributed by atoms with van der Waals surface area (Å²) in [6.07, 6.45) is 0.339. The summed E-state index contributed by atoms with van der Waals surface area (Å²) in [5.41, 5.74) is 1.25. The van der Waals surface area contributed by atoms with Crippen molar-refractivity contribution in [1.29, 1.82) is 0 Å². The molecule has 14 heavy (non-hydrogen) atoms. The molecule has 1 fully saturated rings. The predicted molar refractivity (Wildman–Crippen MR) is 56.5 cm³/mol. The van der Waals surface area contributed by atoms with Crippen LogP contribution in [0.3, 0.4) is 0 Å². The summed E-state index contributed by atoms with van der Waals surface area (Å²) in [6.45, 7) is 3.60. The zero-order valence-electron chi connectivity index (χ0n) is 8.53. The summed E-state index contributed by atoms with van der Waals surface area (Å²) >= 11 is 0. The molecule has 1 saturated heterocycles. The molecular weight excluding hydrogens is 180 g/mol. The molecule has 1 unspecified atom stereocenters. The largest absolute Gasteiger partial charge is 0.491 e. The van der Waals surface area contributed by atoms with Gasteiger partial charge >= 0.3 is 0 Å². The summed E-state index contributed by atoms with van der Waals surface area (Å²) in [6, 6.07) is 8.06. The summed E-state index contributed by atoms with van der Waals surface area (Å²) in [7, 11) is 0. The molecule has 0 bridgehead atoms. The first kappa shape index (κ1) is 12.9. The van der Waals surface area contributed by atoms with E-state index in [0.717, 1.165) is 12.4 Å². The third kappa shape index (κ3) is 3.74. The Labute approximate surface area is 84.4 Å². The first-order valence-corrected chi connectivity index (χ1v) is 4.16. The monoisotopic (exact) mass is 198 g/mol. The Morgan fingerprint density at radius 3 is 2.36 bits per heavy atom. The van der Waals surface area contributed by atoms with Crippen LogP contribution in [-0.4, -0.2) is 19.3 Å². The van der Waals surface area contributed by atoms with Crippen LogP contribution in [0.15, 0.2) is 24.3 Å². The van der Waals surface area contributed by atoms with Gasteiger partial charge in [0.25, 0.3) is 0 Å². The number of aryl methyl sites for hydroxylation is 1. The highest BCUT2D eigenvalue weighted by Crippen LogP contribution is 2.15. The lowest BCUT2D eigenvalue weighted by molar-refractivity contribution is 0.263. The maximum atomic E-state index is 5.46. The number of benzene rings is 1. The van der Waals surface area contributed by atoms with E-state index in [2.05, 4.69) is 6.92 Å². The van der Waals surface area contributed by atoms with E-state index in [4.69, 9.17) is 9.47 Å². The third-order valence-corrected chi connectivity index (χ3v) is 1.86.